The molecule has 72 valence electrons. The van der Waals surface area contributed by atoms with Crippen molar-refractivity contribution < 1.29 is 9.53 Å². The maximum absolute atomic E-state index is 10.9. The highest BCUT2D eigenvalue weighted by Gasteiger charge is 2.14. The topological polar surface area (TPSA) is 62.1 Å². The molecule has 0 rings (SSSR count). The molecule has 0 aliphatic rings. The van der Waals surface area contributed by atoms with E-state index in [1.54, 1.807) is 6.07 Å². The Morgan fingerprint density at radius 1 is 1.62 bits per heavy atom. The summed E-state index contributed by atoms with van der Waals surface area (Å²) in [7, 11) is 1.19. The molecule has 0 aromatic rings. The van der Waals surface area contributed by atoms with E-state index in [-0.39, 0.29) is 16.8 Å². The van der Waals surface area contributed by atoms with Crippen molar-refractivity contribution in [3.05, 3.63) is 10.7 Å². The number of nitriles is 1. The van der Waals surface area contributed by atoms with Crippen LogP contribution in [0.5, 0.6) is 0 Å². The van der Waals surface area contributed by atoms with Crippen molar-refractivity contribution in [2.75, 3.05) is 7.11 Å². The van der Waals surface area contributed by atoms with Gasteiger partial charge in [-0.05, 0) is 13.8 Å². The van der Waals surface area contributed by atoms with E-state index in [4.69, 9.17) is 16.9 Å². The highest BCUT2D eigenvalue weighted by molar-refractivity contribution is 6.31. The Balaban J connectivity index is 4.72. The minimum atomic E-state index is -0.736. The predicted octanol–water partition coefficient (Wildman–Crippen LogP) is 1.13. The molecule has 0 amide bonds. The standard InChI is InChI=1S/C8H11ClN2O2/c1-5(2)11-7(9)6(4-10)8(12)13-3/h5,11H,1-3H3/b7-6+. The van der Waals surface area contributed by atoms with E-state index >= 15 is 0 Å². The number of nitrogens with zero attached hydrogens (tertiary/aromatic N) is 1. The predicted molar refractivity (Wildman–Crippen MR) is 48.8 cm³/mol. The van der Waals surface area contributed by atoms with Crippen LogP contribution in [0.1, 0.15) is 13.8 Å². The second-order valence-electron chi connectivity index (χ2n) is 2.59. The van der Waals surface area contributed by atoms with E-state index in [1.807, 2.05) is 13.8 Å². The largest absolute Gasteiger partial charge is 0.465 e. The summed E-state index contributed by atoms with van der Waals surface area (Å²) in [4.78, 5) is 10.9. The number of ether oxygens (including phenoxy) is 1. The van der Waals surface area contributed by atoms with Crippen molar-refractivity contribution >= 4 is 17.6 Å². The van der Waals surface area contributed by atoms with Gasteiger partial charge in [-0.15, -0.1) is 0 Å². The summed E-state index contributed by atoms with van der Waals surface area (Å²) < 4.78 is 4.36. The van der Waals surface area contributed by atoms with E-state index < -0.39 is 5.97 Å². The first kappa shape index (κ1) is 11.8. The minimum absolute atomic E-state index is 0.0179. The van der Waals surface area contributed by atoms with E-state index in [2.05, 4.69) is 10.1 Å². The van der Waals surface area contributed by atoms with Crippen molar-refractivity contribution in [3.63, 3.8) is 0 Å². The van der Waals surface area contributed by atoms with Gasteiger partial charge in [0.05, 0.1) is 7.11 Å². The van der Waals surface area contributed by atoms with Crippen LogP contribution in [0.15, 0.2) is 10.7 Å². The quantitative estimate of drug-likeness (QED) is 0.323. The molecule has 0 aliphatic heterocycles. The molecule has 13 heavy (non-hydrogen) atoms. The second-order valence-corrected chi connectivity index (χ2v) is 2.97. The summed E-state index contributed by atoms with van der Waals surface area (Å²) in [5.41, 5.74) is -0.210. The van der Waals surface area contributed by atoms with E-state index in [1.165, 1.54) is 7.11 Å². The third-order valence-corrected chi connectivity index (χ3v) is 1.43. The van der Waals surface area contributed by atoms with Crippen LogP contribution in [-0.2, 0) is 9.53 Å². The van der Waals surface area contributed by atoms with Crippen molar-refractivity contribution in [1.82, 2.24) is 5.32 Å². The Hall–Kier alpha value is -1.21. The molecule has 0 saturated heterocycles. The fourth-order valence-corrected chi connectivity index (χ4v) is 0.950. The number of hydrogen-bond acceptors (Lipinski definition) is 4. The molecule has 0 atom stereocenters. The normalized spacial score (nSPS) is 11.7. The van der Waals surface area contributed by atoms with Crippen LogP contribution in [0.4, 0.5) is 0 Å². The number of esters is 1. The van der Waals surface area contributed by atoms with Crippen LogP contribution in [-0.4, -0.2) is 19.1 Å². The van der Waals surface area contributed by atoms with Gasteiger partial charge >= 0.3 is 5.97 Å². The number of halogens is 1. The average molecular weight is 203 g/mol. The second kappa shape index (κ2) is 5.44. The summed E-state index contributed by atoms with van der Waals surface area (Å²) >= 11 is 5.66. The summed E-state index contributed by atoms with van der Waals surface area (Å²) in [6.45, 7) is 3.68. The monoisotopic (exact) mass is 202 g/mol. The fraction of sp³-hybridized carbons (Fsp3) is 0.500. The van der Waals surface area contributed by atoms with Gasteiger partial charge in [0.1, 0.15) is 11.2 Å². The maximum Gasteiger partial charge on any atom is 0.351 e. The lowest BCUT2D eigenvalue weighted by molar-refractivity contribution is -0.135. The van der Waals surface area contributed by atoms with Crippen molar-refractivity contribution in [2.24, 2.45) is 0 Å². The molecular weight excluding hydrogens is 192 g/mol. The van der Waals surface area contributed by atoms with Gasteiger partial charge in [0.25, 0.3) is 0 Å². The summed E-state index contributed by atoms with van der Waals surface area (Å²) in [5.74, 6) is -0.736. The van der Waals surface area contributed by atoms with Gasteiger partial charge in [-0.3, -0.25) is 0 Å². The molecule has 0 unspecified atom stereocenters. The first-order valence-corrected chi connectivity index (χ1v) is 4.05. The zero-order valence-corrected chi connectivity index (χ0v) is 8.47. The third-order valence-electron chi connectivity index (χ3n) is 1.14. The number of carbonyl (C=O) groups is 1. The Bertz CT molecular complexity index is 266. The van der Waals surface area contributed by atoms with E-state index in [0.717, 1.165) is 0 Å². The SMILES string of the molecule is COC(=O)/C(C#N)=C(\Cl)NC(C)C. The molecule has 5 heteroatoms. The number of rotatable bonds is 3. The number of carbonyl (C=O) groups excluding carboxylic acids is 1. The lowest BCUT2D eigenvalue weighted by Crippen LogP contribution is -2.22. The maximum atomic E-state index is 10.9. The summed E-state index contributed by atoms with van der Waals surface area (Å²) in [6, 6.07) is 1.72. The van der Waals surface area contributed by atoms with E-state index in [0.29, 0.717) is 0 Å². The average Bonchev–Trinajstić information content (AvgIpc) is 2.03. The molecule has 0 heterocycles. The Labute approximate surface area is 82.1 Å². The molecule has 0 aliphatic carbocycles. The summed E-state index contributed by atoms with van der Waals surface area (Å²) in [5, 5.41) is 11.3. The van der Waals surface area contributed by atoms with Gasteiger partial charge in [-0.1, -0.05) is 11.6 Å². The minimum Gasteiger partial charge on any atom is -0.465 e. The molecule has 0 bridgehead atoms. The molecule has 0 saturated carbocycles. The lowest BCUT2D eigenvalue weighted by atomic mass is 10.3. The van der Waals surface area contributed by atoms with Gasteiger partial charge in [0.15, 0.2) is 5.57 Å². The summed E-state index contributed by atoms with van der Waals surface area (Å²) in [6.07, 6.45) is 0. The smallest absolute Gasteiger partial charge is 0.351 e. The molecule has 4 nitrogen and oxygen atoms in total. The highest BCUT2D eigenvalue weighted by Crippen LogP contribution is 2.07. The van der Waals surface area contributed by atoms with Crippen LogP contribution >= 0.6 is 11.6 Å². The Kier molecular flexibility index (Phi) is 4.93. The zero-order chi connectivity index (χ0) is 10.4. The molecule has 0 fully saturated rings. The van der Waals surface area contributed by atoms with Gasteiger partial charge in [0, 0.05) is 6.04 Å². The molecule has 0 radical (unpaired) electrons. The molecular formula is C8H11ClN2O2. The van der Waals surface area contributed by atoms with Crippen LogP contribution in [0, 0.1) is 11.3 Å². The molecule has 0 aromatic carbocycles. The van der Waals surface area contributed by atoms with Gasteiger partial charge in [-0.25, -0.2) is 4.79 Å². The van der Waals surface area contributed by atoms with Crippen molar-refractivity contribution in [1.29, 1.82) is 5.26 Å². The van der Waals surface area contributed by atoms with Gasteiger partial charge in [0.2, 0.25) is 0 Å². The molecule has 0 aromatic heterocycles. The van der Waals surface area contributed by atoms with Crippen molar-refractivity contribution in [2.45, 2.75) is 19.9 Å². The Morgan fingerprint density at radius 3 is 2.46 bits per heavy atom. The van der Waals surface area contributed by atoms with Crippen LogP contribution in [0.25, 0.3) is 0 Å². The van der Waals surface area contributed by atoms with Gasteiger partial charge < -0.3 is 10.1 Å². The van der Waals surface area contributed by atoms with Crippen LogP contribution < -0.4 is 5.32 Å². The molecule has 1 N–H and O–H groups in total. The van der Waals surface area contributed by atoms with Crippen LogP contribution in [0.2, 0.25) is 0 Å². The zero-order valence-electron chi connectivity index (χ0n) is 7.72. The van der Waals surface area contributed by atoms with E-state index in [9.17, 15) is 4.79 Å². The lowest BCUT2D eigenvalue weighted by Gasteiger charge is -2.08. The first-order valence-electron chi connectivity index (χ1n) is 3.67. The first-order chi connectivity index (χ1) is 6.02. The number of hydrogen-bond donors (Lipinski definition) is 1. The molecule has 0 spiro atoms. The highest BCUT2D eigenvalue weighted by atomic mass is 35.5. The van der Waals surface area contributed by atoms with Gasteiger partial charge in [-0.2, -0.15) is 5.26 Å². The Morgan fingerprint density at radius 2 is 2.15 bits per heavy atom. The van der Waals surface area contributed by atoms with Crippen LogP contribution in [0.3, 0.4) is 0 Å². The number of nitrogens with one attached hydrogen (secondary N) is 1. The van der Waals surface area contributed by atoms with Crippen molar-refractivity contribution in [3.8, 4) is 6.07 Å². The fourth-order valence-electron chi connectivity index (χ4n) is 0.612. The third kappa shape index (κ3) is 3.81. The number of methoxy groups -OCH3 is 1.